The van der Waals surface area contributed by atoms with E-state index in [1.807, 2.05) is 43.3 Å². The maximum atomic E-state index is 13.8. The van der Waals surface area contributed by atoms with Crippen LogP contribution in [0.1, 0.15) is 16.7 Å². The van der Waals surface area contributed by atoms with Gasteiger partial charge in [-0.15, -0.1) is 0 Å². The van der Waals surface area contributed by atoms with Crippen molar-refractivity contribution in [1.82, 2.24) is 5.43 Å². The minimum atomic E-state index is -0.421. The van der Waals surface area contributed by atoms with Gasteiger partial charge in [0.2, 0.25) is 0 Å². The number of amides is 2. The fraction of sp³-hybridized carbons (Fsp3) is 0.0909. The fourth-order valence-corrected chi connectivity index (χ4v) is 4.71. The first-order chi connectivity index (χ1) is 14.4. The molecule has 154 valence electrons. The summed E-state index contributed by atoms with van der Waals surface area (Å²) >= 11 is 4.32. The van der Waals surface area contributed by atoms with Crippen molar-refractivity contribution in [1.29, 1.82) is 0 Å². The van der Waals surface area contributed by atoms with Crippen molar-refractivity contribution in [2.45, 2.75) is 13.5 Å². The summed E-state index contributed by atoms with van der Waals surface area (Å²) < 4.78 is 21.3. The van der Waals surface area contributed by atoms with E-state index in [1.54, 1.807) is 24.4 Å². The standard InChI is InChI=1S/C22H18FI2N3O2/c1-14-6-2-5-9-20(14)27-22(29)28-26-12-15-10-18(24)21(19(25)11-15)30-13-16-7-3-4-8-17(16)23/h2-12H,13H2,1H3,(H2,27,28,29). The molecule has 3 aromatic carbocycles. The highest BCUT2D eigenvalue weighted by Crippen LogP contribution is 2.29. The molecule has 2 N–H and O–H groups in total. The molecule has 0 spiro atoms. The van der Waals surface area contributed by atoms with E-state index in [2.05, 4.69) is 61.0 Å². The molecule has 0 saturated carbocycles. The van der Waals surface area contributed by atoms with Gasteiger partial charge >= 0.3 is 6.03 Å². The predicted octanol–water partition coefficient (Wildman–Crippen LogP) is 6.08. The van der Waals surface area contributed by atoms with Crippen LogP contribution in [0.3, 0.4) is 0 Å². The van der Waals surface area contributed by atoms with Gasteiger partial charge in [0.05, 0.1) is 13.4 Å². The Balaban J connectivity index is 1.61. The highest BCUT2D eigenvalue weighted by Gasteiger charge is 2.10. The molecule has 3 aromatic rings. The maximum absolute atomic E-state index is 13.8. The van der Waals surface area contributed by atoms with E-state index in [0.29, 0.717) is 11.3 Å². The molecule has 8 heteroatoms. The number of rotatable bonds is 6. The van der Waals surface area contributed by atoms with Crippen LogP contribution in [-0.2, 0) is 6.61 Å². The molecule has 5 nitrogen and oxygen atoms in total. The topological polar surface area (TPSA) is 62.7 Å². The number of hydrogen-bond donors (Lipinski definition) is 2. The van der Waals surface area contributed by atoms with Crippen LogP contribution in [0.2, 0.25) is 0 Å². The lowest BCUT2D eigenvalue weighted by atomic mass is 10.2. The van der Waals surface area contributed by atoms with Crippen molar-refractivity contribution in [2.24, 2.45) is 5.10 Å². The van der Waals surface area contributed by atoms with Gasteiger partial charge in [-0.3, -0.25) is 0 Å². The first-order valence-electron chi connectivity index (χ1n) is 8.95. The SMILES string of the molecule is Cc1ccccc1NC(=O)NN=Cc1cc(I)c(OCc2ccccc2F)c(I)c1. The summed E-state index contributed by atoms with van der Waals surface area (Å²) in [4.78, 5) is 12.0. The van der Waals surface area contributed by atoms with Crippen LogP contribution in [0.5, 0.6) is 5.75 Å². The molecule has 0 heterocycles. The van der Waals surface area contributed by atoms with E-state index in [0.717, 1.165) is 24.0 Å². The Hall–Kier alpha value is -2.21. The zero-order valence-electron chi connectivity index (χ0n) is 16.0. The van der Waals surface area contributed by atoms with Crippen LogP contribution in [0.15, 0.2) is 65.8 Å². The van der Waals surface area contributed by atoms with E-state index in [1.165, 1.54) is 6.07 Å². The van der Waals surface area contributed by atoms with E-state index in [4.69, 9.17) is 4.74 Å². The predicted molar refractivity (Wildman–Crippen MR) is 134 cm³/mol. The number of ether oxygens (including phenoxy) is 1. The quantitative estimate of drug-likeness (QED) is 0.198. The molecule has 0 saturated heterocycles. The van der Waals surface area contributed by atoms with E-state index < -0.39 is 6.03 Å². The Labute approximate surface area is 201 Å². The Morgan fingerprint density at radius 3 is 2.47 bits per heavy atom. The molecule has 30 heavy (non-hydrogen) atoms. The number of aryl methyl sites for hydroxylation is 1. The molecule has 0 radical (unpaired) electrons. The Morgan fingerprint density at radius 2 is 1.77 bits per heavy atom. The fourth-order valence-electron chi connectivity index (χ4n) is 2.59. The number of hydrazone groups is 1. The molecule has 3 rings (SSSR count). The van der Waals surface area contributed by atoms with Crippen LogP contribution in [0.4, 0.5) is 14.9 Å². The summed E-state index contributed by atoms with van der Waals surface area (Å²) in [6, 6.07) is 17.4. The summed E-state index contributed by atoms with van der Waals surface area (Å²) in [6.45, 7) is 2.06. The van der Waals surface area contributed by atoms with E-state index in [-0.39, 0.29) is 12.4 Å². The van der Waals surface area contributed by atoms with Crippen molar-refractivity contribution in [2.75, 3.05) is 5.32 Å². The molecular weight excluding hydrogens is 611 g/mol. The maximum Gasteiger partial charge on any atom is 0.339 e. The molecule has 0 aliphatic heterocycles. The zero-order chi connectivity index (χ0) is 21.5. The van der Waals surface area contributed by atoms with E-state index >= 15 is 0 Å². The zero-order valence-corrected chi connectivity index (χ0v) is 20.3. The minimum Gasteiger partial charge on any atom is -0.487 e. The van der Waals surface area contributed by atoms with Crippen molar-refractivity contribution < 1.29 is 13.9 Å². The Kier molecular flexibility index (Phi) is 8.02. The minimum absolute atomic E-state index is 0.146. The number of urea groups is 1. The summed E-state index contributed by atoms with van der Waals surface area (Å²) in [7, 11) is 0. The number of anilines is 1. The Morgan fingerprint density at radius 1 is 1.10 bits per heavy atom. The van der Waals surface area contributed by atoms with Gasteiger partial charge in [0, 0.05) is 11.3 Å². The molecule has 0 aromatic heterocycles. The molecular formula is C22H18FI2N3O2. The molecule has 0 fully saturated rings. The number of hydrogen-bond acceptors (Lipinski definition) is 3. The van der Waals surface area contributed by atoms with Gasteiger partial charge < -0.3 is 10.1 Å². The number of carbonyl (C=O) groups is 1. The third-order valence-electron chi connectivity index (χ3n) is 4.12. The van der Waals surface area contributed by atoms with Crippen molar-refractivity contribution >= 4 is 63.1 Å². The molecule has 0 aliphatic rings. The smallest absolute Gasteiger partial charge is 0.339 e. The number of para-hydroxylation sites is 1. The average molecular weight is 629 g/mol. The number of nitrogens with one attached hydrogen (secondary N) is 2. The van der Waals surface area contributed by atoms with Gasteiger partial charge in [0.1, 0.15) is 18.2 Å². The lowest BCUT2D eigenvalue weighted by Crippen LogP contribution is -2.24. The third-order valence-corrected chi connectivity index (χ3v) is 5.73. The van der Waals surface area contributed by atoms with Crippen LogP contribution in [-0.4, -0.2) is 12.2 Å². The highest BCUT2D eigenvalue weighted by molar-refractivity contribution is 14.1. The van der Waals surface area contributed by atoms with Crippen LogP contribution >= 0.6 is 45.2 Å². The lowest BCUT2D eigenvalue weighted by Gasteiger charge is -2.12. The first-order valence-corrected chi connectivity index (χ1v) is 11.1. The molecule has 0 atom stereocenters. The number of nitrogens with zero attached hydrogens (tertiary/aromatic N) is 1. The number of halogens is 3. The second-order valence-corrected chi connectivity index (χ2v) is 8.66. The second kappa shape index (κ2) is 10.7. The van der Waals surface area contributed by atoms with Crippen LogP contribution < -0.4 is 15.5 Å². The van der Waals surface area contributed by atoms with Crippen molar-refractivity contribution in [3.05, 3.63) is 90.3 Å². The highest BCUT2D eigenvalue weighted by atomic mass is 127. The van der Waals surface area contributed by atoms with Gasteiger partial charge in [-0.05, 0) is 87.5 Å². The summed E-state index contributed by atoms with van der Waals surface area (Å²) in [5.41, 5.74) is 5.45. The number of benzene rings is 3. The van der Waals surface area contributed by atoms with Gasteiger partial charge in [-0.25, -0.2) is 14.6 Å². The normalized spacial score (nSPS) is 10.8. The first kappa shape index (κ1) is 22.5. The summed E-state index contributed by atoms with van der Waals surface area (Å²) in [6.07, 6.45) is 1.56. The molecule has 2 amide bonds. The number of carbonyl (C=O) groups excluding carboxylic acids is 1. The molecule has 0 unspecified atom stereocenters. The largest absolute Gasteiger partial charge is 0.487 e. The van der Waals surface area contributed by atoms with Gasteiger partial charge in [-0.1, -0.05) is 36.4 Å². The van der Waals surface area contributed by atoms with Crippen LogP contribution in [0, 0.1) is 19.9 Å². The average Bonchev–Trinajstić information content (AvgIpc) is 2.70. The lowest BCUT2D eigenvalue weighted by molar-refractivity contribution is 0.252. The van der Waals surface area contributed by atoms with Crippen LogP contribution in [0.25, 0.3) is 0 Å². The summed E-state index contributed by atoms with van der Waals surface area (Å²) in [5.74, 6) is 0.392. The van der Waals surface area contributed by atoms with Gasteiger partial charge in [0.25, 0.3) is 0 Å². The Bertz CT molecular complexity index is 1070. The third kappa shape index (κ3) is 6.14. The van der Waals surface area contributed by atoms with E-state index in [9.17, 15) is 9.18 Å². The molecule has 0 aliphatic carbocycles. The van der Waals surface area contributed by atoms with Gasteiger partial charge in [0.15, 0.2) is 0 Å². The second-order valence-electron chi connectivity index (χ2n) is 6.33. The summed E-state index contributed by atoms with van der Waals surface area (Å²) in [5, 5.41) is 6.75. The van der Waals surface area contributed by atoms with Gasteiger partial charge in [-0.2, -0.15) is 5.10 Å². The molecule has 0 bridgehead atoms. The van der Waals surface area contributed by atoms with Crippen molar-refractivity contribution in [3.63, 3.8) is 0 Å². The monoisotopic (exact) mass is 629 g/mol. The van der Waals surface area contributed by atoms with Crippen molar-refractivity contribution in [3.8, 4) is 5.75 Å².